The lowest BCUT2D eigenvalue weighted by molar-refractivity contribution is 0.0988. The van der Waals surface area contributed by atoms with Crippen LogP contribution in [0.1, 0.15) is 28.4 Å². The molecule has 2 N–H and O–H groups in total. The molecule has 1 heterocycles. The summed E-state index contributed by atoms with van der Waals surface area (Å²) in [4.78, 5) is 28.7. The van der Waals surface area contributed by atoms with E-state index < -0.39 is 34.4 Å². The second kappa shape index (κ2) is 6.83. The van der Waals surface area contributed by atoms with Crippen molar-refractivity contribution in [1.82, 2.24) is 4.98 Å². The van der Waals surface area contributed by atoms with E-state index in [1.54, 1.807) is 6.07 Å². The monoisotopic (exact) mass is 372 g/mol. The summed E-state index contributed by atoms with van der Waals surface area (Å²) in [5.41, 5.74) is 0.626. The molecule has 0 saturated carbocycles. The summed E-state index contributed by atoms with van der Waals surface area (Å²) in [6.07, 6.45) is 0.582. The Morgan fingerprint density at radius 3 is 2.56 bits per heavy atom. The van der Waals surface area contributed by atoms with E-state index in [1.807, 2.05) is 19.9 Å². The third-order valence-corrected chi connectivity index (χ3v) is 4.64. The molecule has 27 heavy (non-hydrogen) atoms. The van der Waals surface area contributed by atoms with E-state index in [0.717, 1.165) is 28.2 Å². The molecule has 0 unspecified atom stereocenters. The molecule has 140 valence electrons. The predicted octanol–water partition coefficient (Wildman–Crippen LogP) is 3.66. The highest BCUT2D eigenvalue weighted by molar-refractivity contribution is 6.10. The molecule has 1 aromatic heterocycles. The molecule has 7 heteroatoms. The van der Waals surface area contributed by atoms with Gasteiger partial charge in [0, 0.05) is 18.5 Å². The summed E-state index contributed by atoms with van der Waals surface area (Å²) in [6, 6.07) is 6.21. The number of hydrogen-bond acceptors (Lipinski definition) is 3. The maximum Gasteiger partial charge on any atom is 0.267 e. The van der Waals surface area contributed by atoms with Crippen molar-refractivity contribution in [2.45, 2.75) is 20.3 Å². The normalized spacial score (nSPS) is 11.0. The fourth-order valence-electron chi connectivity index (χ4n) is 3.23. The topological polar surface area (TPSA) is 73.4 Å². The molecule has 0 atom stereocenters. The zero-order valence-electron chi connectivity index (χ0n) is 15.1. The standard InChI is InChI=1S/C20H18F2N2O3/c1-4-12-10(2)5-7-14-16(12)18(25)17(19(26)23-14)20(27)24(3)15-8-6-11(21)9-13(15)22/h5-9H,4H2,1-3H3,(H2,23,25,26). The van der Waals surface area contributed by atoms with Crippen molar-refractivity contribution in [2.24, 2.45) is 0 Å². The van der Waals surface area contributed by atoms with Crippen LogP contribution in [0.25, 0.3) is 10.9 Å². The SMILES string of the molecule is CCc1c(C)ccc2[nH]c(=O)c(C(=O)N(C)c3ccc(F)cc3F)c(O)c12. The van der Waals surface area contributed by atoms with Gasteiger partial charge in [0.05, 0.1) is 11.2 Å². The third-order valence-electron chi connectivity index (χ3n) is 4.64. The average Bonchev–Trinajstić information content (AvgIpc) is 2.61. The molecule has 5 nitrogen and oxygen atoms in total. The third kappa shape index (κ3) is 3.05. The van der Waals surface area contributed by atoms with Crippen LogP contribution in [0.4, 0.5) is 14.5 Å². The number of fused-ring (bicyclic) bond motifs is 1. The summed E-state index contributed by atoms with van der Waals surface area (Å²) in [7, 11) is 1.25. The number of nitrogens with one attached hydrogen (secondary N) is 1. The fraction of sp³-hybridized carbons (Fsp3) is 0.200. The maximum atomic E-state index is 14.0. The van der Waals surface area contributed by atoms with Crippen LogP contribution in [-0.2, 0) is 6.42 Å². The van der Waals surface area contributed by atoms with Crippen molar-refractivity contribution in [3.8, 4) is 5.75 Å². The van der Waals surface area contributed by atoms with Crippen LogP contribution in [-0.4, -0.2) is 23.0 Å². The number of amides is 1. The number of carbonyl (C=O) groups excluding carboxylic acids is 1. The van der Waals surface area contributed by atoms with Gasteiger partial charge in [-0.2, -0.15) is 0 Å². The Kier molecular flexibility index (Phi) is 4.70. The average molecular weight is 372 g/mol. The Labute approximate surface area is 153 Å². The van der Waals surface area contributed by atoms with E-state index in [2.05, 4.69) is 4.98 Å². The quantitative estimate of drug-likeness (QED) is 0.737. The van der Waals surface area contributed by atoms with Gasteiger partial charge in [-0.05, 0) is 42.7 Å². The molecule has 0 fully saturated rings. The van der Waals surface area contributed by atoms with Gasteiger partial charge in [-0.25, -0.2) is 8.78 Å². The van der Waals surface area contributed by atoms with E-state index in [-0.39, 0.29) is 5.69 Å². The second-order valence-corrected chi connectivity index (χ2v) is 6.27. The van der Waals surface area contributed by atoms with Crippen molar-refractivity contribution in [1.29, 1.82) is 0 Å². The highest BCUT2D eigenvalue weighted by atomic mass is 19.1. The minimum Gasteiger partial charge on any atom is -0.506 e. The Morgan fingerprint density at radius 1 is 1.22 bits per heavy atom. The summed E-state index contributed by atoms with van der Waals surface area (Å²) in [5, 5.41) is 11.1. The first kappa shape index (κ1) is 18.6. The summed E-state index contributed by atoms with van der Waals surface area (Å²) < 4.78 is 27.1. The van der Waals surface area contributed by atoms with E-state index in [9.17, 15) is 23.5 Å². The van der Waals surface area contributed by atoms with E-state index in [0.29, 0.717) is 23.4 Å². The zero-order chi connectivity index (χ0) is 19.9. The van der Waals surface area contributed by atoms with Crippen LogP contribution in [0.5, 0.6) is 5.75 Å². The molecule has 0 bridgehead atoms. The van der Waals surface area contributed by atoms with Gasteiger partial charge in [-0.1, -0.05) is 13.0 Å². The van der Waals surface area contributed by atoms with Gasteiger partial charge in [0.15, 0.2) is 0 Å². The van der Waals surface area contributed by atoms with E-state index in [4.69, 9.17) is 0 Å². The first-order chi connectivity index (χ1) is 12.8. The summed E-state index contributed by atoms with van der Waals surface area (Å²) >= 11 is 0. The first-order valence-corrected chi connectivity index (χ1v) is 8.36. The number of nitrogens with zero attached hydrogens (tertiary/aromatic N) is 1. The lowest BCUT2D eigenvalue weighted by Gasteiger charge is -2.19. The zero-order valence-corrected chi connectivity index (χ0v) is 15.1. The second-order valence-electron chi connectivity index (χ2n) is 6.27. The molecule has 0 saturated heterocycles. The highest BCUT2D eigenvalue weighted by Gasteiger charge is 2.26. The number of H-pyrrole nitrogens is 1. The molecule has 3 aromatic rings. The number of aromatic amines is 1. The first-order valence-electron chi connectivity index (χ1n) is 8.36. The number of aromatic nitrogens is 1. The van der Waals surface area contributed by atoms with Gasteiger partial charge >= 0.3 is 0 Å². The van der Waals surface area contributed by atoms with Crippen molar-refractivity contribution in [2.75, 3.05) is 11.9 Å². The minimum atomic E-state index is -0.951. The van der Waals surface area contributed by atoms with Crippen LogP contribution in [0.2, 0.25) is 0 Å². The van der Waals surface area contributed by atoms with Gasteiger partial charge in [0.1, 0.15) is 22.9 Å². The maximum absolute atomic E-state index is 14.0. The number of pyridine rings is 1. The molecular weight excluding hydrogens is 354 g/mol. The number of halogens is 2. The van der Waals surface area contributed by atoms with Gasteiger partial charge in [-0.15, -0.1) is 0 Å². The Balaban J connectivity index is 2.21. The number of aryl methyl sites for hydroxylation is 2. The number of aromatic hydroxyl groups is 1. The van der Waals surface area contributed by atoms with E-state index in [1.165, 1.54) is 7.05 Å². The highest BCUT2D eigenvalue weighted by Crippen LogP contribution is 2.32. The molecule has 0 aliphatic rings. The predicted molar refractivity (Wildman–Crippen MR) is 99.4 cm³/mol. The molecule has 0 aliphatic carbocycles. The number of anilines is 1. The lowest BCUT2D eigenvalue weighted by Crippen LogP contribution is -2.32. The van der Waals surface area contributed by atoms with Crippen LogP contribution in [0.15, 0.2) is 35.1 Å². The molecule has 0 radical (unpaired) electrons. The van der Waals surface area contributed by atoms with Gasteiger partial charge in [0.25, 0.3) is 11.5 Å². The minimum absolute atomic E-state index is 0.208. The van der Waals surface area contributed by atoms with Crippen molar-refractivity contribution < 1.29 is 18.7 Å². The Morgan fingerprint density at radius 2 is 1.93 bits per heavy atom. The molecule has 1 amide bonds. The van der Waals surface area contributed by atoms with Gasteiger partial charge < -0.3 is 15.0 Å². The molecular formula is C20H18F2N2O3. The fourth-order valence-corrected chi connectivity index (χ4v) is 3.23. The van der Waals surface area contributed by atoms with Crippen molar-refractivity contribution in [3.05, 3.63) is 69.0 Å². The van der Waals surface area contributed by atoms with Crippen LogP contribution in [0.3, 0.4) is 0 Å². The number of rotatable bonds is 3. The Hall–Kier alpha value is -3.22. The number of hydrogen-bond donors (Lipinski definition) is 2. The molecule has 2 aromatic carbocycles. The van der Waals surface area contributed by atoms with Crippen LogP contribution < -0.4 is 10.5 Å². The largest absolute Gasteiger partial charge is 0.506 e. The van der Waals surface area contributed by atoms with Crippen molar-refractivity contribution >= 4 is 22.5 Å². The molecule has 3 rings (SSSR count). The molecule has 0 aliphatic heterocycles. The van der Waals surface area contributed by atoms with Crippen molar-refractivity contribution in [3.63, 3.8) is 0 Å². The van der Waals surface area contributed by atoms with Crippen LogP contribution >= 0.6 is 0 Å². The number of carbonyl (C=O) groups is 1. The van der Waals surface area contributed by atoms with Gasteiger partial charge in [0.2, 0.25) is 0 Å². The summed E-state index contributed by atoms with van der Waals surface area (Å²) in [6.45, 7) is 3.76. The number of benzene rings is 2. The van der Waals surface area contributed by atoms with E-state index >= 15 is 0 Å². The Bertz CT molecular complexity index is 1120. The summed E-state index contributed by atoms with van der Waals surface area (Å²) in [5.74, 6) is -3.09. The molecule has 0 spiro atoms. The lowest BCUT2D eigenvalue weighted by atomic mass is 9.98. The smallest absolute Gasteiger partial charge is 0.267 e. The van der Waals surface area contributed by atoms with Gasteiger partial charge in [-0.3, -0.25) is 9.59 Å². The van der Waals surface area contributed by atoms with Crippen LogP contribution in [0, 0.1) is 18.6 Å².